The van der Waals surface area contributed by atoms with Crippen molar-refractivity contribution in [2.45, 2.75) is 20.8 Å². The summed E-state index contributed by atoms with van der Waals surface area (Å²) >= 11 is 0. The second kappa shape index (κ2) is 5.39. The van der Waals surface area contributed by atoms with Gasteiger partial charge >= 0.3 is 0 Å². The van der Waals surface area contributed by atoms with E-state index in [0.29, 0.717) is 24.7 Å². The number of rotatable bonds is 5. The second-order valence-corrected chi connectivity index (χ2v) is 3.53. The Kier molecular flexibility index (Phi) is 4.16. The molecule has 1 heterocycles. The van der Waals surface area contributed by atoms with Crippen molar-refractivity contribution in [1.29, 1.82) is 0 Å². The van der Waals surface area contributed by atoms with Crippen molar-refractivity contribution in [2.24, 2.45) is 0 Å². The van der Waals surface area contributed by atoms with E-state index in [1.54, 1.807) is 0 Å². The number of amides is 1. The van der Waals surface area contributed by atoms with Crippen LogP contribution in [-0.2, 0) is 4.79 Å². The molecule has 4 N–H and O–H groups in total. The van der Waals surface area contributed by atoms with E-state index in [1.807, 2.05) is 25.7 Å². The zero-order chi connectivity index (χ0) is 12.1. The summed E-state index contributed by atoms with van der Waals surface area (Å²) < 4.78 is 0. The number of nitrogens with zero attached hydrogens (tertiary/aromatic N) is 2. The predicted molar refractivity (Wildman–Crippen MR) is 64.3 cm³/mol. The van der Waals surface area contributed by atoms with Gasteiger partial charge in [-0.1, -0.05) is 0 Å². The normalized spacial score (nSPS) is 10.2. The van der Waals surface area contributed by atoms with E-state index >= 15 is 0 Å². The third-order valence-corrected chi connectivity index (χ3v) is 2.22. The van der Waals surface area contributed by atoms with Crippen molar-refractivity contribution in [2.75, 3.05) is 30.3 Å². The van der Waals surface area contributed by atoms with Crippen LogP contribution in [0.4, 0.5) is 11.6 Å². The van der Waals surface area contributed by atoms with Crippen molar-refractivity contribution in [1.82, 2.24) is 15.3 Å². The number of aromatic amines is 1. The highest BCUT2D eigenvalue weighted by Gasteiger charge is 2.15. The molecule has 90 valence electrons. The SMILES string of the molecule is CCNC(=O)CN(CC)c1nc(C)[nH]c1N. The van der Waals surface area contributed by atoms with Gasteiger partial charge in [0.1, 0.15) is 11.6 Å². The molecule has 6 nitrogen and oxygen atoms in total. The minimum atomic E-state index is -0.0237. The number of anilines is 2. The number of imidazole rings is 1. The number of likely N-dealkylation sites (N-methyl/N-ethyl adjacent to an activating group) is 2. The molecule has 0 saturated heterocycles. The maximum atomic E-state index is 11.5. The zero-order valence-electron chi connectivity index (χ0n) is 10.0. The van der Waals surface area contributed by atoms with Crippen LogP contribution in [0.1, 0.15) is 19.7 Å². The predicted octanol–water partition coefficient (Wildman–Crippen LogP) is 0.263. The Hall–Kier alpha value is -1.72. The van der Waals surface area contributed by atoms with Crippen LogP contribution in [0.3, 0.4) is 0 Å². The first kappa shape index (κ1) is 12.4. The fourth-order valence-corrected chi connectivity index (χ4v) is 1.50. The molecule has 1 aromatic heterocycles. The monoisotopic (exact) mass is 225 g/mol. The Bertz CT molecular complexity index is 360. The summed E-state index contributed by atoms with van der Waals surface area (Å²) in [5.41, 5.74) is 5.78. The molecule has 0 bridgehead atoms. The van der Waals surface area contributed by atoms with Gasteiger partial charge in [-0.25, -0.2) is 4.98 Å². The van der Waals surface area contributed by atoms with Crippen LogP contribution in [0.5, 0.6) is 0 Å². The van der Waals surface area contributed by atoms with Gasteiger partial charge in [-0.3, -0.25) is 4.79 Å². The third kappa shape index (κ3) is 2.88. The van der Waals surface area contributed by atoms with Gasteiger partial charge in [0.25, 0.3) is 0 Å². The van der Waals surface area contributed by atoms with E-state index in [0.717, 1.165) is 5.82 Å². The topological polar surface area (TPSA) is 87.0 Å². The van der Waals surface area contributed by atoms with Crippen LogP contribution < -0.4 is 16.0 Å². The van der Waals surface area contributed by atoms with Crippen molar-refractivity contribution in [3.8, 4) is 0 Å². The van der Waals surface area contributed by atoms with E-state index in [4.69, 9.17) is 5.73 Å². The summed E-state index contributed by atoms with van der Waals surface area (Å²) in [6.45, 7) is 7.28. The average Bonchev–Trinajstić information content (AvgIpc) is 2.55. The molecule has 1 amide bonds. The first-order valence-corrected chi connectivity index (χ1v) is 5.42. The number of nitrogens with one attached hydrogen (secondary N) is 2. The molecule has 0 aliphatic rings. The van der Waals surface area contributed by atoms with Crippen molar-refractivity contribution in [3.63, 3.8) is 0 Å². The van der Waals surface area contributed by atoms with Crippen LogP contribution in [0.25, 0.3) is 0 Å². The molecule has 0 atom stereocenters. The number of H-pyrrole nitrogens is 1. The van der Waals surface area contributed by atoms with E-state index in [1.165, 1.54) is 0 Å². The number of carbonyl (C=O) groups excluding carboxylic acids is 1. The minimum Gasteiger partial charge on any atom is -0.382 e. The Morgan fingerprint density at radius 3 is 2.69 bits per heavy atom. The highest BCUT2D eigenvalue weighted by atomic mass is 16.2. The molecule has 0 aliphatic heterocycles. The molecule has 16 heavy (non-hydrogen) atoms. The summed E-state index contributed by atoms with van der Waals surface area (Å²) in [5, 5.41) is 2.75. The first-order valence-electron chi connectivity index (χ1n) is 5.42. The fraction of sp³-hybridized carbons (Fsp3) is 0.600. The molecule has 0 unspecified atom stereocenters. The molecule has 1 rings (SSSR count). The van der Waals surface area contributed by atoms with Crippen LogP contribution >= 0.6 is 0 Å². The van der Waals surface area contributed by atoms with Crippen LogP contribution in [0.2, 0.25) is 0 Å². The smallest absolute Gasteiger partial charge is 0.239 e. The van der Waals surface area contributed by atoms with Crippen molar-refractivity contribution in [3.05, 3.63) is 5.82 Å². The molecule has 0 spiro atoms. The number of carbonyl (C=O) groups is 1. The Morgan fingerprint density at radius 2 is 2.25 bits per heavy atom. The summed E-state index contributed by atoms with van der Waals surface area (Å²) in [5.74, 6) is 1.88. The largest absolute Gasteiger partial charge is 0.382 e. The number of nitrogen functional groups attached to an aromatic ring is 1. The lowest BCUT2D eigenvalue weighted by atomic mass is 10.4. The van der Waals surface area contributed by atoms with Gasteiger partial charge in [-0.15, -0.1) is 0 Å². The van der Waals surface area contributed by atoms with Crippen molar-refractivity contribution >= 4 is 17.5 Å². The number of hydrogen-bond donors (Lipinski definition) is 3. The summed E-state index contributed by atoms with van der Waals surface area (Å²) in [6, 6.07) is 0. The Labute approximate surface area is 95.2 Å². The van der Waals surface area contributed by atoms with Crippen LogP contribution in [0, 0.1) is 6.92 Å². The van der Waals surface area contributed by atoms with E-state index in [9.17, 15) is 4.79 Å². The fourth-order valence-electron chi connectivity index (χ4n) is 1.50. The number of aryl methyl sites for hydroxylation is 1. The van der Waals surface area contributed by atoms with Crippen LogP contribution in [0.15, 0.2) is 0 Å². The summed E-state index contributed by atoms with van der Waals surface area (Å²) in [4.78, 5) is 20.5. The molecule has 6 heteroatoms. The Balaban J connectivity index is 2.74. The molecular weight excluding hydrogens is 206 g/mol. The summed E-state index contributed by atoms with van der Waals surface area (Å²) in [7, 11) is 0. The first-order chi connectivity index (χ1) is 7.58. The lowest BCUT2D eigenvalue weighted by molar-refractivity contribution is -0.119. The van der Waals surface area contributed by atoms with Crippen LogP contribution in [-0.4, -0.2) is 35.5 Å². The molecule has 0 aliphatic carbocycles. The maximum Gasteiger partial charge on any atom is 0.239 e. The van der Waals surface area contributed by atoms with Gasteiger partial charge in [0, 0.05) is 13.1 Å². The molecular formula is C10H19N5O. The maximum absolute atomic E-state index is 11.5. The number of hydrogen-bond acceptors (Lipinski definition) is 4. The number of aromatic nitrogens is 2. The number of nitrogens with two attached hydrogens (primary N) is 1. The van der Waals surface area contributed by atoms with E-state index < -0.39 is 0 Å². The van der Waals surface area contributed by atoms with Gasteiger partial charge < -0.3 is 20.9 Å². The van der Waals surface area contributed by atoms with Gasteiger partial charge in [0.2, 0.25) is 5.91 Å². The lowest BCUT2D eigenvalue weighted by Crippen LogP contribution is -2.37. The molecule has 0 radical (unpaired) electrons. The average molecular weight is 225 g/mol. The highest BCUT2D eigenvalue weighted by molar-refractivity contribution is 5.81. The second-order valence-electron chi connectivity index (χ2n) is 3.53. The standard InChI is InChI=1S/C10H19N5O/c1-4-12-8(16)6-15(5-2)10-9(11)13-7(3)14-10/h4-6,11H2,1-3H3,(H,12,16)(H,13,14). The highest BCUT2D eigenvalue weighted by Crippen LogP contribution is 2.18. The minimum absolute atomic E-state index is 0.0237. The van der Waals surface area contributed by atoms with Gasteiger partial charge in [-0.2, -0.15) is 0 Å². The van der Waals surface area contributed by atoms with Gasteiger partial charge in [0.05, 0.1) is 6.54 Å². The van der Waals surface area contributed by atoms with E-state index in [2.05, 4.69) is 15.3 Å². The molecule has 1 aromatic rings. The van der Waals surface area contributed by atoms with Crippen molar-refractivity contribution < 1.29 is 4.79 Å². The molecule has 0 aromatic carbocycles. The lowest BCUT2D eigenvalue weighted by Gasteiger charge is -2.20. The quantitative estimate of drug-likeness (QED) is 0.671. The van der Waals surface area contributed by atoms with E-state index in [-0.39, 0.29) is 12.5 Å². The van der Waals surface area contributed by atoms with Gasteiger partial charge in [0.15, 0.2) is 5.82 Å². The zero-order valence-corrected chi connectivity index (χ0v) is 10.0. The molecule has 0 saturated carbocycles. The van der Waals surface area contributed by atoms with Gasteiger partial charge in [-0.05, 0) is 20.8 Å². The summed E-state index contributed by atoms with van der Waals surface area (Å²) in [6.07, 6.45) is 0. The Morgan fingerprint density at radius 1 is 1.56 bits per heavy atom. The third-order valence-electron chi connectivity index (χ3n) is 2.22. The molecule has 0 fully saturated rings.